The van der Waals surface area contributed by atoms with Crippen molar-refractivity contribution < 1.29 is 14.3 Å². The molecule has 2 aliphatic heterocycles. The normalized spacial score (nSPS) is 15.6. The Morgan fingerprint density at radius 2 is 1.24 bits per heavy atom. The Morgan fingerprint density at radius 1 is 0.620 bits per heavy atom. The standard InChI is InChI=1S/C45H56N2O3/c1-4-7-8-9-10-11-12-13-14-15-16-17-19-24-34-31-42-40(33-41(34)46-35-25-20-18-21-26-35)45(38-28-23-22-27-37(38)44(48)50-45)39-30-29-36(32-43(39)49-42)47(5-2)6-3/h18,20-23,25-33,46H,4-17,19,24H2,1-3H3. The summed E-state index contributed by atoms with van der Waals surface area (Å²) in [6, 6.07) is 28.8. The molecule has 6 rings (SSSR count). The Bertz CT molecular complexity index is 1710. The van der Waals surface area contributed by atoms with Gasteiger partial charge < -0.3 is 19.7 Å². The number of carbonyl (C=O) groups excluding carboxylic acids is 1. The highest BCUT2D eigenvalue weighted by Gasteiger charge is 2.53. The minimum Gasteiger partial charge on any atom is -0.456 e. The number of fused-ring (bicyclic) bond motifs is 6. The summed E-state index contributed by atoms with van der Waals surface area (Å²) in [7, 11) is 0. The van der Waals surface area contributed by atoms with E-state index in [9.17, 15) is 4.79 Å². The molecule has 0 saturated heterocycles. The molecule has 2 aliphatic rings. The van der Waals surface area contributed by atoms with Gasteiger partial charge in [0.25, 0.3) is 0 Å². The number of unbranched alkanes of at least 4 members (excludes halogenated alkanes) is 12. The number of benzene rings is 4. The van der Waals surface area contributed by atoms with Gasteiger partial charge in [0.1, 0.15) is 11.5 Å². The number of esters is 1. The van der Waals surface area contributed by atoms with Crippen LogP contribution in [0, 0.1) is 0 Å². The summed E-state index contributed by atoms with van der Waals surface area (Å²) >= 11 is 0. The second-order valence-corrected chi connectivity index (χ2v) is 14.1. The first-order valence-electron chi connectivity index (χ1n) is 19.5. The minimum atomic E-state index is -1.10. The lowest BCUT2D eigenvalue weighted by atomic mass is 9.77. The highest BCUT2D eigenvalue weighted by Crippen LogP contribution is 2.57. The molecule has 0 fully saturated rings. The number of rotatable bonds is 19. The van der Waals surface area contributed by atoms with Crippen molar-refractivity contribution in [2.45, 2.75) is 116 Å². The van der Waals surface area contributed by atoms with Gasteiger partial charge in [0.05, 0.1) is 5.56 Å². The van der Waals surface area contributed by atoms with Gasteiger partial charge in [0.15, 0.2) is 5.60 Å². The third kappa shape index (κ3) is 7.72. The largest absolute Gasteiger partial charge is 0.456 e. The van der Waals surface area contributed by atoms with Crippen molar-refractivity contribution in [3.8, 4) is 11.5 Å². The van der Waals surface area contributed by atoms with Gasteiger partial charge in [-0.2, -0.15) is 0 Å². The summed E-state index contributed by atoms with van der Waals surface area (Å²) in [5.74, 6) is 1.19. The van der Waals surface area contributed by atoms with Crippen LogP contribution in [-0.2, 0) is 16.8 Å². The highest BCUT2D eigenvalue weighted by atomic mass is 16.6. The van der Waals surface area contributed by atoms with Crippen LogP contribution in [0.2, 0.25) is 0 Å². The fourth-order valence-corrected chi connectivity index (χ4v) is 7.87. The van der Waals surface area contributed by atoms with Crippen LogP contribution in [-0.4, -0.2) is 19.1 Å². The summed E-state index contributed by atoms with van der Waals surface area (Å²) in [5, 5.41) is 3.72. The average molecular weight is 673 g/mol. The Hall–Kier alpha value is -4.25. The lowest BCUT2D eigenvalue weighted by Gasteiger charge is -2.38. The lowest BCUT2D eigenvalue weighted by molar-refractivity contribution is 0.0224. The van der Waals surface area contributed by atoms with Crippen LogP contribution in [0.5, 0.6) is 11.5 Å². The van der Waals surface area contributed by atoms with Gasteiger partial charge in [-0.1, -0.05) is 120 Å². The molecule has 5 nitrogen and oxygen atoms in total. The van der Waals surface area contributed by atoms with Gasteiger partial charge in [0.2, 0.25) is 0 Å². The number of aryl methyl sites for hydroxylation is 1. The Morgan fingerprint density at radius 3 is 1.92 bits per heavy atom. The van der Waals surface area contributed by atoms with Crippen LogP contribution in [0.4, 0.5) is 17.1 Å². The molecule has 1 atom stereocenters. The van der Waals surface area contributed by atoms with Crippen molar-refractivity contribution in [2.75, 3.05) is 23.3 Å². The zero-order valence-electron chi connectivity index (χ0n) is 30.6. The van der Waals surface area contributed by atoms with Crippen molar-refractivity contribution in [1.82, 2.24) is 0 Å². The van der Waals surface area contributed by atoms with Crippen LogP contribution in [0.25, 0.3) is 0 Å². The van der Waals surface area contributed by atoms with Crippen LogP contribution in [0.15, 0.2) is 84.9 Å². The van der Waals surface area contributed by atoms with Crippen LogP contribution < -0.4 is 15.0 Å². The van der Waals surface area contributed by atoms with Crippen LogP contribution >= 0.6 is 0 Å². The molecule has 1 N–H and O–H groups in total. The predicted molar refractivity (Wildman–Crippen MR) is 207 cm³/mol. The van der Waals surface area contributed by atoms with Gasteiger partial charge in [0, 0.05) is 52.9 Å². The molecule has 5 heteroatoms. The number of carbonyl (C=O) groups is 1. The van der Waals surface area contributed by atoms with Crippen molar-refractivity contribution in [3.05, 3.63) is 113 Å². The van der Waals surface area contributed by atoms with E-state index in [4.69, 9.17) is 9.47 Å². The van der Waals surface area contributed by atoms with E-state index in [1.807, 2.05) is 30.3 Å². The number of para-hydroxylation sites is 1. The fraction of sp³-hybridized carbons (Fsp3) is 0.444. The first-order chi connectivity index (χ1) is 24.6. The molecule has 0 aliphatic carbocycles. The van der Waals surface area contributed by atoms with E-state index < -0.39 is 5.60 Å². The molecular formula is C45H56N2O3. The highest BCUT2D eigenvalue weighted by molar-refractivity contribution is 5.97. The van der Waals surface area contributed by atoms with Crippen molar-refractivity contribution in [1.29, 1.82) is 0 Å². The van der Waals surface area contributed by atoms with Gasteiger partial charge in [-0.15, -0.1) is 0 Å². The van der Waals surface area contributed by atoms with Gasteiger partial charge in [-0.05, 0) is 74.7 Å². The SMILES string of the molecule is CCCCCCCCCCCCCCCc1cc2c(cc1Nc1ccccc1)C1(OC(=O)c3ccccc31)c1ccc(N(CC)CC)cc1O2. The first kappa shape index (κ1) is 35.6. The molecule has 0 amide bonds. The number of ether oxygens (including phenoxy) is 2. The van der Waals surface area contributed by atoms with Crippen LogP contribution in [0.3, 0.4) is 0 Å². The third-order valence-electron chi connectivity index (χ3n) is 10.7. The van der Waals surface area contributed by atoms with E-state index in [1.54, 1.807) is 0 Å². The molecule has 1 unspecified atom stereocenters. The first-order valence-corrected chi connectivity index (χ1v) is 19.5. The summed E-state index contributed by atoms with van der Waals surface area (Å²) < 4.78 is 13.3. The molecule has 2 heterocycles. The Balaban J connectivity index is 1.25. The predicted octanol–water partition coefficient (Wildman–Crippen LogP) is 12.5. The van der Waals surface area contributed by atoms with Gasteiger partial charge >= 0.3 is 5.97 Å². The fourth-order valence-electron chi connectivity index (χ4n) is 7.87. The number of anilines is 3. The molecule has 264 valence electrons. The molecule has 0 saturated carbocycles. The van der Waals surface area contributed by atoms with E-state index in [1.165, 1.54) is 82.6 Å². The van der Waals surface area contributed by atoms with E-state index in [0.29, 0.717) is 5.56 Å². The summed E-state index contributed by atoms with van der Waals surface area (Å²) in [6.45, 7) is 8.41. The average Bonchev–Trinajstić information content (AvgIpc) is 3.44. The smallest absolute Gasteiger partial charge is 0.340 e. The molecular weight excluding hydrogens is 617 g/mol. The maximum Gasteiger partial charge on any atom is 0.340 e. The Labute approximate surface area is 300 Å². The molecule has 1 spiro atoms. The monoisotopic (exact) mass is 672 g/mol. The van der Waals surface area contributed by atoms with E-state index in [-0.39, 0.29) is 5.97 Å². The minimum absolute atomic E-state index is 0.305. The van der Waals surface area contributed by atoms with Crippen molar-refractivity contribution >= 4 is 23.0 Å². The summed E-state index contributed by atoms with van der Waals surface area (Å²) in [4.78, 5) is 15.8. The summed E-state index contributed by atoms with van der Waals surface area (Å²) in [6.07, 6.45) is 18.3. The maximum absolute atomic E-state index is 13.5. The van der Waals surface area contributed by atoms with Crippen LogP contribution in [0.1, 0.15) is 137 Å². The zero-order valence-corrected chi connectivity index (χ0v) is 30.6. The van der Waals surface area contributed by atoms with E-state index in [0.717, 1.165) is 71.2 Å². The third-order valence-corrected chi connectivity index (χ3v) is 10.7. The number of hydrogen-bond donors (Lipinski definition) is 1. The molecule has 0 bridgehead atoms. The van der Waals surface area contributed by atoms with E-state index >= 15 is 0 Å². The second kappa shape index (κ2) is 17.1. The molecule has 0 radical (unpaired) electrons. The number of nitrogens with zero attached hydrogens (tertiary/aromatic N) is 1. The molecule has 0 aromatic heterocycles. The maximum atomic E-state index is 13.5. The Kier molecular flexibility index (Phi) is 12.2. The number of nitrogens with one attached hydrogen (secondary N) is 1. The summed E-state index contributed by atoms with van der Waals surface area (Å²) in [5.41, 5.74) is 6.44. The zero-order chi connectivity index (χ0) is 34.8. The lowest BCUT2D eigenvalue weighted by Crippen LogP contribution is -2.33. The number of hydrogen-bond acceptors (Lipinski definition) is 5. The van der Waals surface area contributed by atoms with Gasteiger partial charge in [-0.3, -0.25) is 0 Å². The van der Waals surface area contributed by atoms with Gasteiger partial charge in [-0.25, -0.2) is 4.79 Å². The van der Waals surface area contributed by atoms with Crippen molar-refractivity contribution in [2.24, 2.45) is 0 Å². The van der Waals surface area contributed by atoms with E-state index in [2.05, 4.69) is 85.6 Å². The molecule has 4 aromatic rings. The molecule has 4 aromatic carbocycles. The topological polar surface area (TPSA) is 50.8 Å². The molecule has 50 heavy (non-hydrogen) atoms. The van der Waals surface area contributed by atoms with Crippen molar-refractivity contribution in [3.63, 3.8) is 0 Å². The quantitative estimate of drug-likeness (QED) is 0.0793. The second-order valence-electron chi connectivity index (χ2n) is 14.1.